The van der Waals surface area contributed by atoms with Crippen molar-refractivity contribution in [3.05, 3.63) is 88.9 Å². The monoisotopic (exact) mass is 696 g/mol. The van der Waals surface area contributed by atoms with Crippen molar-refractivity contribution in [3.8, 4) is 11.5 Å². The molecule has 2 aliphatic heterocycles. The van der Waals surface area contributed by atoms with Crippen LogP contribution in [0.1, 0.15) is 68.1 Å². The number of nitrogen functional groups attached to an aromatic ring is 1. The quantitative estimate of drug-likeness (QED) is 0.133. The molecule has 1 saturated heterocycles. The van der Waals surface area contributed by atoms with E-state index in [0.717, 1.165) is 12.1 Å². The fraction of sp³-hybridized carbons (Fsp3) is 0.343. The molecule has 11 nitrogen and oxygen atoms in total. The van der Waals surface area contributed by atoms with E-state index in [1.165, 1.54) is 35.3 Å². The molecule has 0 radical (unpaired) electrons. The van der Waals surface area contributed by atoms with Crippen molar-refractivity contribution in [2.75, 3.05) is 18.8 Å². The number of H-pyrrole nitrogens is 1. The molecule has 2 aromatic heterocycles. The third-order valence-corrected chi connectivity index (χ3v) is 8.43. The fourth-order valence-electron chi connectivity index (χ4n) is 6.04. The van der Waals surface area contributed by atoms with Crippen LogP contribution in [0.4, 0.5) is 28.2 Å². The fourth-order valence-corrected chi connectivity index (χ4v) is 6.04. The summed E-state index contributed by atoms with van der Waals surface area (Å²) in [6.07, 6.45) is 4.07. The van der Waals surface area contributed by atoms with Crippen LogP contribution in [0.5, 0.6) is 11.5 Å². The van der Waals surface area contributed by atoms with Gasteiger partial charge < -0.3 is 35.1 Å². The highest BCUT2D eigenvalue weighted by Crippen LogP contribution is 2.39. The van der Waals surface area contributed by atoms with Gasteiger partial charge in [-0.2, -0.15) is 13.9 Å². The number of nitrogens with zero attached hydrogens (tertiary/aromatic N) is 3. The Kier molecular flexibility index (Phi) is 9.25. The minimum Gasteiger partial charge on any atom is -0.461 e. The van der Waals surface area contributed by atoms with Crippen molar-refractivity contribution >= 4 is 34.3 Å². The molecule has 4 heterocycles. The van der Waals surface area contributed by atoms with Gasteiger partial charge in [0, 0.05) is 30.2 Å². The first-order valence-electron chi connectivity index (χ1n) is 15.9. The number of rotatable bonds is 8. The van der Waals surface area contributed by atoms with Crippen molar-refractivity contribution < 1.29 is 41.4 Å². The van der Waals surface area contributed by atoms with Gasteiger partial charge in [-0.05, 0) is 94.0 Å². The molecule has 0 aliphatic carbocycles. The maximum atomic E-state index is 14.1. The molecular formula is C35H36F4N6O5. The number of dihydropyridines is 1. The number of hydrogen-bond acceptors (Lipinski definition) is 8. The second kappa shape index (κ2) is 13.4. The number of aromatic amines is 1. The Morgan fingerprint density at radius 3 is 2.42 bits per heavy atom. The summed E-state index contributed by atoms with van der Waals surface area (Å²) >= 11 is 0. The molecule has 2 aliphatic rings. The minimum atomic E-state index is -3.07. The molecule has 1 amide bonds. The third-order valence-electron chi connectivity index (χ3n) is 8.43. The van der Waals surface area contributed by atoms with Crippen LogP contribution >= 0.6 is 0 Å². The first kappa shape index (κ1) is 34.4. The number of nitrogens with two attached hydrogens (primary N) is 1. The van der Waals surface area contributed by atoms with Crippen LogP contribution in [0.15, 0.2) is 60.4 Å². The zero-order valence-corrected chi connectivity index (χ0v) is 27.7. The van der Waals surface area contributed by atoms with Gasteiger partial charge in [-0.3, -0.25) is 4.79 Å². The molecule has 1 atom stereocenters. The number of ketones is 1. The summed E-state index contributed by atoms with van der Waals surface area (Å²) in [6, 6.07) is 8.10. The predicted octanol–water partition coefficient (Wildman–Crippen LogP) is 6.92. The van der Waals surface area contributed by atoms with Gasteiger partial charge in [-0.15, -0.1) is 0 Å². The van der Waals surface area contributed by atoms with Crippen LogP contribution < -0.4 is 20.5 Å². The lowest BCUT2D eigenvalue weighted by Crippen LogP contribution is -2.41. The summed E-state index contributed by atoms with van der Waals surface area (Å²) in [6.45, 7) is 4.77. The molecular weight excluding hydrogens is 660 g/mol. The Morgan fingerprint density at radius 1 is 1.08 bits per heavy atom. The summed E-state index contributed by atoms with van der Waals surface area (Å²) in [4.78, 5) is 30.9. The van der Waals surface area contributed by atoms with Gasteiger partial charge in [0.1, 0.15) is 17.2 Å². The number of halogens is 4. The Hall–Kier alpha value is -5.47. The maximum absolute atomic E-state index is 14.1. The number of allylic oxidation sites excluding steroid dienone is 2. The molecule has 0 saturated carbocycles. The first-order chi connectivity index (χ1) is 23.7. The highest BCUT2D eigenvalue weighted by Gasteiger charge is 2.30. The number of aromatic nitrogens is 3. The molecule has 50 heavy (non-hydrogen) atoms. The molecule has 15 heteroatoms. The van der Waals surface area contributed by atoms with E-state index in [-0.39, 0.29) is 28.7 Å². The average Bonchev–Trinajstić information content (AvgIpc) is 3.64. The van der Waals surface area contributed by atoms with Crippen molar-refractivity contribution in [1.82, 2.24) is 25.0 Å². The van der Waals surface area contributed by atoms with E-state index < -0.39 is 47.7 Å². The Balaban J connectivity index is 1.20. The first-order valence-corrected chi connectivity index (χ1v) is 15.9. The summed E-state index contributed by atoms with van der Waals surface area (Å²) in [5.74, 6) is -2.89. The second-order valence-electron chi connectivity index (χ2n) is 13.1. The average molecular weight is 697 g/mol. The van der Waals surface area contributed by atoms with E-state index in [2.05, 4.69) is 15.4 Å². The Labute approximate surface area is 284 Å². The number of piperidine rings is 1. The highest BCUT2D eigenvalue weighted by atomic mass is 19.3. The summed E-state index contributed by atoms with van der Waals surface area (Å²) in [7, 11) is 0. The molecule has 4 aromatic rings. The minimum absolute atomic E-state index is 0.00688. The molecule has 6 rings (SSSR count). The number of ether oxygens (including phenoxy) is 3. The largest absolute Gasteiger partial charge is 0.461 e. The number of fused-ring (bicyclic) bond motifs is 1. The van der Waals surface area contributed by atoms with Gasteiger partial charge in [-0.1, -0.05) is 6.07 Å². The van der Waals surface area contributed by atoms with E-state index in [0.29, 0.717) is 53.7 Å². The van der Waals surface area contributed by atoms with Crippen LogP contribution in [0.2, 0.25) is 0 Å². The Bertz CT molecular complexity index is 1990. The number of carbonyl (C=O) groups is 2. The second-order valence-corrected chi connectivity index (χ2v) is 13.1. The molecule has 2 aromatic carbocycles. The number of hydrogen-bond donors (Lipinski definition) is 3. The topological polar surface area (TPSA) is 137 Å². The number of para-hydroxylation sites is 1. The van der Waals surface area contributed by atoms with Crippen molar-refractivity contribution in [2.24, 2.45) is 0 Å². The van der Waals surface area contributed by atoms with E-state index in [1.807, 2.05) is 0 Å². The van der Waals surface area contributed by atoms with Crippen LogP contribution in [0.25, 0.3) is 16.6 Å². The van der Waals surface area contributed by atoms with Gasteiger partial charge in [0.2, 0.25) is 5.78 Å². The highest BCUT2D eigenvalue weighted by molar-refractivity contribution is 6.12. The number of carbonyl (C=O) groups excluding carboxylic acids is 2. The Morgan fingerprint density at radius 2 is 1.78 bits per heavy atom. The lowest BCUT2D eigenvalue weighted by Gasteiger charge is -2.34. The van der Waals surface area contributed by atoms with E-state index in [4.69, 9.17) is 19.9 Å². The molecule has 0 bridgehead atoms. The van der Waals surface area contributed by atoms with Crippen molar-refractivity contribution in [3.63, 3.8) is 0 Å². The number of benzene rings is 2. The van der Waals surface area contributed by atoms with Crippen LogP contribution in [0.3, 0.4) is 0 Å². The van der Waals surface area contributed by atoms with Gasteiger partial charge >= 0.3 is 12.7 Å². The van der Waals surface area contributed by atoms with E-state index in [1.54, 1.807) is 44.7 Å². The molecule has 1 fully saturated rings. The zero-order valence-electron chi connectivity index (χ0n) is 27.7. The SMILES string of the molecule is CC1=CC(Oc2c(F)cccc2F)NC=C1n1ncc(C(=O)c2cc3cc(OC(F)F)c(C4CCN(C(=O)OC(C)(C)C)CC4)cc3[nH]2)c1N. The lowest BCUT2D eigenvalue weighted by atomic mass is 9.88. The standard InChI is InChI=1S/C35H36F4N6O5/c1-18-12-29(49-31-23(36)6-5-7-24(31)37)41-17-27(18)45-32(40)22(16-42-45)30(46)26-13-20-14-28(48-33(38)39)21(15-25(20)43-26)19-8-10-44(11-9-19)34(47)50-35(2,3)4/h5-7,12-17,19,29,33,41,43H,8-11,40H2,1-4H3. The summed E-state index contributed by atoms with van der Waals surface area (Å²) in [5, 5.41) is 7.66. The molecule has 1 unspecified atom stereocenters. The third kappa shape index (κ3) is 7.12. The van der Waals surface area contributed by atoms with Gasteiger partial charge in [0.15, 0.2) is 23.6 Å². The summed E-state index contributed by atoms with van der Waals surface area (Å²) in [5.41, 5.74) is 8.10. The molecule has 264 valence electrons. The van der Waals surface area contributed by atoms with Crippen molar-refractivity contribution in [1.29, 1.82) is 0 Å². The van der Waals surface area contributed by atoms with E-state index >= 15 is 0 Å². The lowest BCUT2D eigenvalue weighted by molar-refractivity contribution is -0.0506. The number of alkyl halides is 2. The normalized spacial score (nSPS) is 17.0. The number of amides is 1. The van der Waals surface area contributed by atoms with Crippen LogP contribution in [-0.2, 0) is 4.74 Å². The molecule has 4 N–H and O–H groups in total. The van der Waals surface area contributed by atoms with Gasteiger partial charge in [-0.25, -0.2) is 18.3 Å². The molecule has 0 spiro atoms. The van der Waals surface area contributed by atoms with Gasteiger partial charge in [0.05, 0.1) is 23.2 Å². The predicted molar refractivity (Wildman–Crippen MR) is 177 cm³/mol. The zero-order chi connectivity index (χ0) is 35.9. The number of anilines is 1. The van der Waals surface area contributed by atoms with E-state index in [9.17, 15) is 27.2 Å². The number of nitrogens with one attached hydrogen (secondary N) is 2. The smallest absolute Gasteiger partial charge is 0.410 e. The summed E-state index contributed by atoms with van der Waals surface area (Å²) < 4.78 is 72.4. The maximum Gasteiger partial charge on any atom is 0.410 e. The van der Waals surface area contributed by atoms with Crippen molar-refractivity contribution in [2.45, 2.75) is 64.9 Å². The number of likely N-dealkylation sites (tertiary alicyclic amines) is 1. The van der Waals surface area contributed by atoms with Crippen LogP contribution in [0, 0.1) is 11.6 Å². The van der Waals surface area contributed by atoms with Crippen LogP contribution in [-0.4, -0.2) is 63.1 Å². The van der Waals surface area contributed by atoms with Gasteiger partial charge in [0.25, 0.3) is 0 Å².